The number of carboxylic acid groups (broad SMARTS) is 1. The molecule has 0 unspecified atom stereocenters. The Hall–Kier alpha value is -1.80. The highest BCUT2D eigenvalue weighted by molar-refractivity contribution is 7.09. The summed E-state index contributed by atoms with van der Waals surface area (Å²) in [4.78, 5) is 16.4. The minimum Gasteiger partial charge on any atom is -0.476 e. The molecule has 2 rings (SSSR count). The third kappa shape index (κ3) is 2.96. The first-order valence-electron chi connectivity index (χ1n) is 5.88. The molecule has 0 amide bonds. The van der Waals surface area contributed by atoms with Crippen LogP contribution < -0.4 is 5.73 Å². The maximum atomic E-state index is 11.0. The number of aryl methyl sites for hydroxylation is 3. The van der Waals surface area contributed by atoms with E-state index in [9.17, 15) is 4.79 Å². The molecule has 7 nitrogen and oxygen atoms in total. The van der Waals surface area contributed by atoms with E-state index in [0.29, 0.717) is 25.2 Å². The van der Waals surface area contributed by atoms with Crippen LogP contribution in [0.2, 0.25) is 0 Å². The predicted octanol–water partition coefficient (Wildman–Crippen LogP) is 0.485. The van der Waals surface area contributed by atoms with E-state index < -0.39 is 5.97 Å². The van der Waals surface area contributed by atoms with Gasteiger partial charge >= 0.3 is 5.97 Å². The molecule has 0 saturated heterocycles. The highest BCUT2D eigenvalue weighted by Crippen LogP contribution is 2.14. The Kier molecular flexibility index (Phi) is 4.23. The predicted molar refractivity (Wildman–Crippen MR) is 70.3 cm³/mol. The van der Waals surface area contributed by atoms with Crippen LogP contribution in [0.15, 0.2) is 5.51 Å². The van der Waals surface area contributed by atoms with E-state index >= 15 is 0 Å². The van der Waals surface area contributed by atoms with Gasteiger partial charge < -0.3 is 10.8 Å². The van der Waals surface area contributed by atoms with Crippen molar-refractivity contribution in [2.24, 2.45) is 5.73 Å². The molecular weight excluding hydrogens is 266 g/mol. The van der Waals surface area contributed by atoms with Gasteiger partial charge in [-0.2, -0.15) is 0 Å². The van der Waals surface area contributed by atoms with Gasteiger partial charge in [0.1, 0.15) is 0 Å². The molecule has 3 N–H and O–H groups in total. The topological polar surface area (TPSA) is 107 Å². The molecule has 0 aliphatic rings. The van der Waals surface area contributed by atoms with Crippen molar-refractivity contribution in [3.8, 4) is 0 Å². The number of thiazole rings is 1. The molecule has 2 aromatic rings. The minimum atomic E-state index is -1.07. The average molecular weight is 281 g/mol. The molecule has 0 atom stereocenters. The second-order valence-corrected chi connectivity index (χ2v) is 5.00. The van der Waals surface area contributed by atoms with Crippen LogP contribution in [-0.4, -0.2) is 37.6 Å². The van der Waals surface area contributed by atoms with Gasteiger partial charge in [-0.25, -0.2) is 14.5 Å². The van der Waals surface area contributed by atoms with Gasteiger partial charge in [0.05, 0.1) is 16.9 Å². The van der Waals surface area contributed by atoms with Crippen molar-refractivity contribution in [3.63, 3.8) is 0 Å². The number of hydrogen-bond donors (Lipinski definition) is 2. The molecule has 2 aromatic heterocycles. The molecule has 0 spiro atoms. The Morgan fingerprint density at radius 3 is 2.89 bits per heavy atom. The maximum Gasteiger partial charge on any atom is 0.358 e. The van der Waals surface area contributed by atoms with Gasteiger partial charge in [-0.15, -0.1) is 16.4 Å². The molecule has 0 fully saturated rings. The van der Waals surface area contributed by atoms with Crippen LogP contribution in [0.5, 0.6) is 0 Å². The SMILES string of the molecule is Cc1ncsc1CCn1nnc(C(=O)O)c1CCN. The number of aromatic nitrogens is 4. The van der Waals surface area contributed by atoms with Crippen molar-refractivity contribution in [2.75, 3.05) is 6.54 Å². The molecule has 0 saturated carbocycles. The largest absolute Gasteiger partial charge is 0.476 e. The van der Waals surface area contributed by atoms with Gasteiger partial charge in [0.25, 0.3) is 0 Å². The molecule has 0 radical (unpaired) electrons. The van der Waals surface area contributed by atoms with Crippen LogP contribution in [0.1, 0.15) is 26.8 Å². The third-order valence-electron chi connectivity index (χ3n) is 2.82. The monoisotopic (exact) mass is 281 g/mol. The lowest BCUT2D eigenvalue weighted by molar-refractivity contribution is 0.0689. The van der Waals surface area contributed by atoms with Gasteiger partial charge in [-0.3, -0.25) is 0 Å². The smallest absolute Gasteiger partial charge is 0.358 e. The van der Waals surface area contributed by atoms with Crippen LogP contribution in [0.3, 0.4) is 0 Å². The summed E-state index contributed by atoms with van der Waals surface area (Å²) in [5.74, 6) is -1.07. The fourth-order valence-electron chi connectivity index (χ4n) is 1.84. The third-order valence-corrected chi connectivity index (χ3v) is 3.81. The highest BCUT2D eigenvalue weighted by atomic mass is 32.1. The summed E-state index contributed by atoms with van der Waals surface area (Å²) in [5, 5.41) is 16.6. The van der Waals surface area contributed by atoms with E-state index in [2.05, 4.69) is 15.3 Å². The van der Waals surface area contributed by atoms with Crippen LogP contribution in [0.4, 0.5) is 0 Å². The minimum absolute atomic E-state index is 0.00789. The second kappa shape index (κ2) is 5.89. The lowest BCUT2D eigenvalue weighted by atomic mass is 10.2. The summed E-state index contributed by atoms with van der Waals surface area (Å²) >= 11 is 1.59. The molecule has 8 heteroatoms. The van der Waals surface area contributed by atoms with Crippen LogP contribution in [0, 0.1) is 6.92 Å². The van der Waals surface area contributed by atoms with Gasteiger partial charge in [0, 0.05) is 24.3 Å². The number of hydrogen-bond acceptors (Lipinski definition) is 6. The number of rotatable bonds is 6. The standard InChI is InChI=1S/C11H15N5O2S/c1-7-9(19-6-13-7)3-5-16-8(2-4-12)10(11(17)18)14-15-16/h6H,2-5,12H2,1H3,(H,17,18). The van der Waals surface area contributed by atoms with Crippen molar-refractivity contribution >= 4 is 17.3 Å². The first-order valence-corrected chi connectivity index (χ1v) is 6.76. The van der Waals surface area contributed by atoms with E-state index in [1.807, 2.05) is 6.92 Å². The second-order valence-electron chi connectivity index (χ2n) is 4.06. The molecule has 0 aliphatic carbocycles. The van der Waals surface area contributed by atoms with Crippen LogP contribution in [0.25, 0.3) is 0 Å². The van der Waals surface area contributed by atoms with E-state index in [0.717, 1.165) is 12.1 Å². The number of nitrogens with two attached hydrogens (primary N) is 1. The summed E-state index contributed by atoms with van der Waals surface area (Å²) < 4.78 is 1.62. The zero-order valence-corrected chi connectivity index (χ0v) is 11.4. The summed E-state index contributed by atoms with van der Waals surface area (Å²) in [5.41, 5.74) is 8.88. The molecule has 0 aromatic carbocycles. The summed E-state index contributed by atoms with van der Waals surface area (Å²) in [6.07, 6.45) is 1.22. The van der Waals surface area contributed by atoms with E-state index in [1.165, 1.54) is 4.88 Å². The van der Waals surface area contributed by atoms with Crippen molar-refractivity contribution < 1.29 is 9.90 Å². The van der Waals surface area contributed by atoms with Crippen molar-refractivity contribution in [2.45, 2.75) is 26.3 Å². The Bertz CT molecular complexity index is 577. The first-order chi connectivity index (χ1) is 9.13. The lowest BCUT2D eigenvalue weighted by Gasteiger charge is -2.05. The number of nitrogens with zero attached hydrogens (tertiary/aromatic N) is 4. The fourth-order valence-corrected chi connectivity index (χ4v) is 2.61. The average Bonchev–Trinajstić information content (AvgIpc) is 2.94. The van der Waals surface area contributed by atoms with Gasteiger partial charge in [0.2, 0.25) is 0 Å². The summed E-state index contributed by atoms with van der Waals surface area (Å²) in [6.45, 7) is 2.91. The van der Waals surface area contributed by atoms with Crippen LogP contribution in [-0.2, 0) is 19.4 Å². The van der Waals surface area contributed by atoms with Crippen molar-refractivity contribution in [1.29, 1.82) is 0 Å². The number of carboxylic acids is 1. The first kappa shape index (κ1) is 13.6. The summed E-state index contributed by atoms with van der Waals surface area (Å²) in [7, 11) is 0. The van der Waals surface area contributed by atoms with E-state index in [4.69, 9.17) is 10.8 Å². The lowest BCUT2D eigenvalue weighted by Crippen LogP contribution is -2.14. The number of aromatic carboxylic acids is 1. The Balaban J connectivity index is 2.16. The molecule has 102 valence electrons. The Morgan fingerprint density at radius 1 is 1.53 bits per heavy atom. The summed E-state index contributed by atoms with van der Waals surface area (Å²) in [6, 6.07) is 0. The van der Waals surface area contributed by atoms with Crippen molar-refractivity contribution in [1.82, 2.24) is 20.0 Å². The zero-order chi connectivity index (χ0) is 13.8. The maximum absolute atomic E-state index is 11.0. The zero-order valence-electron chi connectivity index (χ0n) is 10.5. The highest BCUT2D eigenvalue weighted by Gasteiger charge is 2.18. The fraction of sp³-hybridized carbons (Fsp3) is 0.455. The molecular formula is C11H15N5O2S. The van der Waals surface area contributed by atoms with Crippen LogP contribution >= 0.6 is 11.3 Å². The normalized spacial score (nSPS) is 10.8. The quantitative estimate of drug-likeness (QED) is 0.797. The van der Waals surface area contributed by atoms with E-state index in [-0.39, 0.29) is 5.69 Å². The van der Waals surface area contributed by atoms with E-state index in [1.54, 1.807) is 21.5 Å². The molecule has 19 heavy (non-hydrogen) atoms. The molecule has 0 bridgehead atoms. The van der Waals surface area contributed by atoms with Gasteiger partial charge in [0.15, 0.2) is 5.69 Å². The Labute approximate surface area is 114 Å². The van der Waals surface area contributed by atoms with Gasteiger partial charge in [-0.05, 0) is 13.5 Å². The van der Waals surface area contributed by atoms with Crippen molar-refractivity contribution in [3.05, 3.63) is 27.5 Å². The van der Waals surface area contributed by atoms with Gasteiger partial charge in [-0.1, -0.05) is 5.21 Å². The number of carbonyl (C=O) groups is 1. The Morgan fingerprint density at radius 2 is 2.32 bits per heavy atom. The molecule has 0 aliphatic heterocycles. The molecule has 2 heterocycles.